The lowest BCUT2D eigenvalue weighted by Crippen LogP contribution is -2.38. The second kappa shape index (κ2) is 8.44. The van der Waals surface area contributed by atoms with Gasteiger partial charge in [-0.15, -0.1) is 0 Å². The number of methoxy groups -OCH3 is 1. The van der Waals surface area contributed by atoms with Gasteiger partial charge in [-0.1, -0.05) is 39.3 Å². The van der Waals surface area contributed by atoms with Crippen LogP contribution < -0.4 is 10.1 Å². The monoisotopic (exact) mass is 397 g/mol. The van der Waals surface area contributed by atoms with Crippen LogP contribution in [0.4, 0.5) is 0 Å². The fourth-order valence-electron chi connectivity index (χ4n) is 4.22. The summed E-state index contributed by atoms with van der Waals surface area (Å²) in [5, 5.41) is 3.36. The van der Waals surface area contributed by atoms with Crippen LogP contribution in [0.15, 0.2) is 46.8 Å². The first-order valence-corrected chi connectivity index (χ1v) is 10.3. The van der Waals surface area contributed by atoms with Crippen molar-refractivity contribution in [2.75, 3.05) is 13.7 Å². The molecule has 3 rings (SSSR count). The molecule has 1 heterocycles. The lowest BCUT2D eigenvalue weighted by Gasteiger charge is -2.39. The van der Waals surface area contributed by atoms with E-state index in [1.807, 2.05) is 31.2 Å². The van der Waals surface area contributed by atoms with Gasteiger partial charge in [0.05, 0.1) is 19.3 Å². The predicted octanol–water partition coefficient (Wildman–Crippen LogP) is 4.64. The van der Waals surface area contributed by atoms with Crippen LogP contribution in [-0.2, 0) is 14.3 Å². The van der Waals surface area contributed by atoms with E-state index in [-0.39, 0.29) is 17.2 Å². The quantitative estimate of drug-likeness (QED) is 0.559. The summed E-state index contributed by atoms with van der Waals surface area (Å²) in [7, 11) is 1.62. The molecule has 1 unspecified atom stereocenters. The molecular formula is C24H31NO4. The maximum absolute atomic E-state index is 13.2. The second-order valence-corrected chi connectivity index (χ2v) is 8.69. The maximum Gasteiger partial charge on any atom is 0.336 e. The molecule has 1 aliphatic heterocycles. The first-order chi connectivity index (χ1) is 13.8. The van der Waals surface area contributed by atoms with Gasteiger partial charge in [-0.3, -0.25) is 4.79 Å². The molecule has 0 aromatic heterocycles. The highest BCUT2D eigenvalue weighted by Gasteiger charge is 2.43. The number of unbranched alkanes of at least 4 members (excludes halogenated alkanes) is 1. The van der Waals surface area contributed by atoms with Gasteiger partial charge < -0.3 is 14.8 Å². The zero-order valence-corrected chi connectivity index (χ0v) is 18.1. The molecule has 0 bridgehead atoms. The first kappa shape index (κ1) is 21.2. The molecule has 156 valence electrons. The minimum atomic E-state index is -0.421. The van der Waals surface area contributed by atoms with Crippen molar-refractivity contribution in [3.8, 4) is 5.75 Å². The number of hydrogen-bond acceptors (Lipinski definition) is 5. The molecule has 0 saturated carbocycles. The van der Waals surface area contributed by atoms with Crippen molar-refractivity contribution in [1.82, 2.24) is 5.32 Å². The number of hydrogen-bond donors (Lipinski definition) is 1. The van der Waals surface area contributed by atoms with Crippen molar-refractivity contribution in [3.63, 3.8) is 0 Å². The molecule has 0 radical (unpaired) electrons. The lowest BCUT2D eigenvalue weighted by atomic mass is 9.68. The Morgan fingerprint density at radius 2 is 1.90 bits per heavy atom. The van der Waals surface area contributed by atoms with Gasteiger partial charge in [0.15, 0.2) is 5.78 Å². The highest BCUT2D eigenvalue weighted by atomic mass is 16.5. The van der Waals surface area contributed by atoms with Crippen LogP contribution >= 0.6 is 0 Å². The average Bonchev–Trinajstić information content (AvgIpc) is 2.66. The molecule has 0 fully saturated rings. The van der Waals surface area contributed by atoms with Gasteiger partial charge in [-0.2, -0.15) is 0 Å². The van der Waals surface area contributed by atoms with Crippen LogP contribution in [0.1, 0.15) is 64.9 Å². The molecule has 0 saturated heterocycles. The summed E-state index contributed by atoms with van der Waals surface area (Å²) in [5.74, 6) is 0.0556. The molecule has 1 N–H and O–H groups in total. The zero-order chi connectivity index (χ0) is 21.2. The Labute approximate surface area is 173 Å². The maximum atomic E-state index is 13.2. The molecule has 0 spiro atoms. The predicted molar refractivity (Wildman–Crippen MR) is 112 cm³/mol. The number of nitrogens with one attached hydrogen (secondary N) is 1. The molecular weight excluding hydrogens is 366 g/mol. The number of carbonyl (C=O) groups excluding carboxylic acids is 2. The summed E-state index contributed by atoms with van der Waals surface area (Å²) in [4.78, 5) is 26.2. The number of ketones is 1. The second-order valence-electron chi connectivity index (χ2n) is 8.69. The Bertz CT molecular complexity index is 861. The summed E-state index contributed by atoms with van der Waals surface area (Å²) < 4.78 is 10.8. The van der Waals surface area contributed by atoms with Gasteiger partial charge in [0.1, 0.15) is 5.75 Å². The van der Waals surface area contributed by atoms with E-state index in [0.29, 0.717) is 24.2 Å². The molecule has 1 aromatic rings. The molecule has 1 atom stereocenters. The van der Waals surface area contributed by atoms with Crippen molar-refractivity contribution < 1.29 is 19.1 Å². The van der Waals surface area contributed by atoms with Crippen LogP contribution in [0.2, 0.25) is 0 Å². The number of benzene rings is 1. The Balaban J connectivity index is 2.07. The van der Waals surface area contributed by atoms with Crippen molar-refractivity contribution >= 4 is 11.8 Å². The van der Waals surface area contributed by atoms with Crippen LogP contribution in [-0.4, -0.2) is 25.5 Å². The molecule has 1 aliphatic carbocycles. The first-order valence-electron chi connectivity index (χ1n) is 10.3. The number of allylic oxidation sites excluding steroid dienone is 3. The Morgan fingerprint density at radius 1 is 1.21 bits per heavy atom. The van der Waals surface area contributed by atoms with E-state index in [1.165, 1.54) is 0 Å². The van der Waals surface area contributed by atoms with Crippen molar-refractivity contribution in [2.45, 2.75) is 59.3 Å². The van der Waals surface area contributed by atoms with Gasteiger partial charge >= 0.3 is 5.97 Å². The number of esters is 1. The van der Waals surface area contributed by atoms with Crippen LogP contribution in [0.3, 0.4) is 0 Å². The summed E-state index contributed by atoms with van der Waals surface area (Å²) in [6.45, 7) is 8.54. The van der Waals surface area contributed by atoms with Gasteiger partial charge in [-0.25, -0.2) is 4.79 Å². The van der Waals surface area contributed by atoms with Crippen molar-refractivity contribution in [2.24, 2.45) is 5.41 Å². The van der Waals surface area contributed by atoms with Crippen molar-refractivity contribution in [3.05, 3.63) is 52.4 Å². The number of dihydropyridines is 1. The molecule has 0 amide bonds. The normalized spacial score (nSPS) is 20.9. The molecule has 5 heteroatoms. The van der Waals surface area contributed by atoms with E-state index in [9.17, 15) is 9.59 Å². The standard InChI is InChI=1S/C24H31NO4/c1-6-7-12-29-23(27)20-15(2)25-18-13-24(3,4)14-19(26)22(18)21(20)16-8-10-17(28-5)11-9-16/h8-11,21,25H,6-7,12-14H2,1-5H3. The minimum absolute atomic E-state index is 0.0935. The fraction of sp³-hybridized carbons (Fsp3) is 0.500. The number of rotatable bonds is 6. The van der Waals surface area contributed by atoms with E-state index >= 15 is 0 Å². The van der Waals surface area contributed by atoms with Crippen molar-refractivity contribution in [1.29, 1.82) is 0 Å². The SMILES string of the molecule is CCCCOC(=O)C1=C(C)NC2=C(C(=O)CC(C)(C)C2)C1c1ccc(OC)cc1. The molecule has 2 aliphatic rings. The Hall–Kier alpha value is -2.56. The van der Waals surface area contributed by atoms with E-state index < -0.39 is 5.92 Å². The summed E-state index contributed by atoms with van der Waals surface area (Å²) in [5.41, 5.74) is 3.70. The Morgan fingerprint density at radius 3 is 2.52 bits per heavy atom. The fourth-order valence-corrected chi connectivity index (χ4v) is 4.22. The van der Waals surface area contributed by atoms with Crippen LogP contribution in [0.25, 0.3) is 0 Å². The molecule has 5 nitrogen and oxygen atoms in total. The number of ether oxygens (including phenoxy) is 2. The topological polar surface area (TPSA) is 64.6 Å². The van der Waals surface area contributed by atoms with E-state index in [4.69, 9.17) is 9.47 Å². The molecule has 1 aromatic carbocycles. The smallest absolute Gasteiger partial charge is 0.336 e. The highest BCUT2D eigenvalue weighted by Crippen LogP contribution is 2.46. The van der Waals surface area contributed by atoms with Crippen LogP contribution in [0, 0.1) is 5.41 Å². The number of carbonyl (C=O) groups is 2. The van der Waals surface area contributed by atoms with Gasteiger partial charge in [0.2, 0.25) is 0 Å². The van der Waals surface area contributed by atoms with Gasteiger partial charge in [0, 0.05) is 29.3 Å². The summed E-state index contributed by atoms with van der Waals surface area (Å²) in [6, 6.07) is 7.59. The molecule has 29 heavy (non-hydrogen) atoms. The third-order valence-electron chi connectivity index (χ3n) is 5.64. The highest BCUT2D eigenvalue weighted by molar-refractivity contribution is 6.04. The number of Topliss-reactive ketones (excluding diaryl/α,β-unsaturated/α-hetero) is 1. The van der Waals surface area contributed by atoms with E-state index in [2.05, 4.69) is 26.1 Å². The largest absolute Gasteiger partial charge is 0.497 e. The third-order valence-corrected chi connectivity index (χ3v) is 5.64. The van der Waals surface area contributed by atoms with E-state index in [1.54, 1.807) is 7.11 Å². The summed E-state index contributed by atoms with van der Waals surface area (Å²) >= 11 is 0. The Kier molecular flexibility index (Phi) is 6.15. The minimum Gasteiger partial charge on any atom is -0.497 e. The average molecular weight is 398 g/mol. The lowest BCUT2D eigenvalue weighted by molar-refractivity contribution is -0.139. The summed E-state index contributed by atoms with van der Waals surface area (Å²) in [6.07, 6.45) is 3.02. The van der Waals surface area contributed by atoms with E-state index in [0.717, 1.165) is 42.0 Å². The van der Waals surface area contributed by atoms with Crippen LogP contribution in [0.5, 0.6) is 5.75 Å². The van der Waals surface area contributed by atoms with Gasteiger partial charge in [-0.05, 0) is 42.9 Å². The zero-order valence-electron chi connectivity index (χ0n) is 18.1. The third kappa shape index (κ3) is 4.39. The van der Waals surface area contributed by atoms with Gasteiger partial charge in [0.25, 0.3) is 0 Å².